The maximum atomic E-state index is 15.4. The fourth-order valence-electron chi connectivity index (χ4n) is 11.4. The van der Waals surface area contributed by atoms with Gasteiger partial charge in [0.05, 0.1) is 11.3 Å². The standard InChI is InChI=1S/C52H86O9/c1-10-12-14-16-18-20-21-23-24-26-28-30-42(53)59-35-40-32-41-44-49(8,9)51(44,61-43(54)31-29-27-25-22-19-17-15-13-11-2)34-38(6)50(46(41)56)33-37(5)47(52(50,58)45(40)55)60-48(57)39(7)36(3)4/h32-33,36,38-39,41,44-45,47,55,58H,10-31,34-35H2,1-9H3/t38-,39-,41+,44-,45-,47+,50+,51+,52+/m1/s1. The summed E-state index contributed by atoms with van der Waals surface area (Å²) in [5.41, 5.74) is -4.88. The summed E-state index contributed by atoms with van der Waals surface area (Å²) in [5, 5.41) is 25.7. The lowest BCUT2D eigenvalue weighted by Gasteiger charge is -2.49. The number of esters is 3. The number of ether oxygens (including phenoxy) is 3. The highest BCUT2D eigenvalue weighted by atomic mass is 16.6. The molecule has 348 valence electrons. The fourth-order valence-corrected chi connectivity index (χ4v) is 11.4. The number of allylic oxidation sites excluding steroid dienone is 1. The molecule has 2 bridgehead atoms. The molecule has 0 unspecified atom stereocenters. The second kappa shape index (κ2) is 22.9. The van der Waals surface area contributed by atoms with E-state index < -0.39 is 69.9 Å². The number of fused-ring (bicyclic) bond motifs is 3. The zero-order valence-electron chi connectivity index (χ0n) is 39.9. The van der Waals surface area contributed by atoms with Crippen molar-refractivity contribution in [1.29, 1.82) is 0 Å². The van der Waals surface area contributed by atoms with Crippen molar-refractivity contribution in [2.45, 2.75) is 233 Å². The summed E-state index contributed by atoms with van der Waals surface area (Å²) in [5.74, 6) is -3.98. The zero-order chi connectivity index (χ0) is 45.0. The van der Waals surface area contributed by atoms with Crippen LogP contribution in [-0.4, -0.2) is 63.9 Å². The molecule has 4 aliphatic rings. The monoisotopic (exact) mass is 855 g/mol. The highest BCUT2D eigenvalue weighted by molar-refractivity contribution is 5.96. The molecule has 1 spiro atoms. The summed E-state index contributed by atoms with van der Waals surface area (Å²) in [7, 11) is 0. The lowest BCUT2D eigenvalue weighted by atomic mass is 9.59. The molecule has 9 heteroatoms. The van der Waals surface area contributed by atoms with E-state index in [1.54, 1.807) is 26.0 Å². The summed E-state index contributed by atoms with van der Waals surface area (Å²) in [6.07, 6.45) is 24.2. The molecule has 2 saturated carbocycles. The van der Waals surface area contributed by atoms with Gasteiger partial charge in [0.15, 0.2) is 17.5 Å². The van der Waals surface area contributed by atoms with Crippen LogP contribution < -0.4 is 0 Å². The Kier molecular flexibility index (Phi) is 19.2. The Balaban J connectivity index is 1.53. The first-order valence-corrected chi connectivity index (χ1v) is 24.9. The number of unbranched alkanes of at least 4 members (excludes halogenated alkanes) is 18. The van der Waals surface area contributed by atoms with Gasteiger partial charge in [-0.2, -0.15) is 0 Å². The van der Waals surface area contributed by atoms with E-state index in [4.69, 9.17) is 14.2 Å². The Labute approximate surface area is 370 Å². The first-order valence-electron chi connectivity index (χ1n) is 24.9. The summed E-state index contributed by atoms with van der Waals surface area (Å²) >= 11 is 0. The summed E-state index contributed by atoms with van der Waals surface area (Å²) < 4.78 is 18.5. The quantitative estimate of drug-likeness (QED) is 0.0341. The minimum atomic E-state index is -2.30. The highest BCUT2D eigenvalue weighted by Gasteiger charge is 2.83. The first-order chi connectivity index (χ1) is 29.0. The molecule has 2 N–H and O–H groups in total. The van der Waals surface area contributed by atoms with Crippen molar-refractivity contribution in [2.24, 2.45) is 40.4 Å². The van der Waals surface area contributed by atoms with Crippen LogP contribution in [0.25, 0.3) is 0 Å². The Morgan fingerprint density at radius 3 is 1.74 bits per heavy atom. The molecule has 0 amide bonds. The van der Waals surface area contributed by atoms with Crippen LogP contribution in [0.5, 0.6) is 0 Å². The summed E-state index contributed by atoms with van der Waals surface area (Å²) in [6, 6.07) is 0. The van der Waals surface area contributed by atoms with Crippen molar-refractivity contribution in [2.75, 3.05) is 6.61 Å². The van der Waals surface area contributed by atoms with Crippen LogP contribution in [0.1, 0.15) is 210 Å². The third-order valence-electron chi connectivity index (χ3n) is 15.6. The molecule has 0 aromatic rings. The molecular formula is C52H86O9. The second-order valence-electron chi connectivity index (χ2n) is 20.7. The summed E-state index contributed by atoms with van der Waals surface area (Å²) in [6.45, 7) is 17.4. The van der Waals surface area contributed by atoms with Crippen molar-refractivity contribution >= 4 is 23.7 Å². The van der Waals surface area contributed by atoms with Crippen molar-refractivity contribution < 1.29 is 43.6 Å². The van der Waals surface area contributed by atoms with E-state index in [1.807, 2.05) is 34.6 Å². The number of Topliss-reactive ketones (excluding diaryl/α,β-unsaturated/α-hetero) is 1. The van der Waals surface area contributed by atoms with Crippen LogP contribution in [-0.2, 0) is 33.4 Å². The smallest absolute Gasteiger partial charge is 0.309 e. The zero-order valence-corrected chi connectivity index (χ0v) is 39.9. The topological polar surface area (TPSA) is 136 Å². The van der Waals surface area contributed by atoms with Crippen LogP contribution in [0.4, 0.5) is 0 Å². The van der Waals surface area contributed by atoms with Crippen LogP contribution in [0.2, 0.25) is 0 Å². The van der Waals surface area contributed by atoms with Gasteiger partial charge in [-0.1, -0.05) is 183 Å². The second-order valence-corrected chi connectivity index (χ2v) is 20.7. The Hall–Kier alpha value is -2.52. The first kappa shape index (κ1) is 51.1. The van der Waals surface area contributed by atoms with E-state index in [2.05, 4.69) is 13.8 Å². The number of carbonyl (C=O) groups excluding carboxylic acids is 4. The van der Waals surface area contributed by atoms with Crippen LogP contribution in [0, 0.1) is 40.4 Å². The number of ketones is 1. The Morgan fingerprint density at radius 1 is 0.770 bits per heavy atom. The Bertz CT molecular complexity index is 1530. The van der Waals surface area contributed by atoms with Gasteiger partial charge in [0.1, 0.15) is 18.3 Å². The van der Waals surface area contributed by atoms with Gasteiger partial charge in [-0.3, -0.25) is 19.2 Å². The van der Waals surface area contributed by atoms with E-state index >= 15 is 4.79 Å². The molecule has 0 saturated heterocycles. The Morgan fingerprint density at radius 2 is 1.25 bits per heavy atom. The minimum Gasteiger partial charge on any atom is -0.461 e. The maximum Gasteiger partial charge on any atom is 0.309 e. The molecule has 0 heterocycles. The molecule has 0 aromatic carbocycles. The van der Waals surface area contributed by atoms with Gasteiger partial charge in [-0.05, 0) is 49.2 Å². The average molecular weight is 855 g/mol. The van der Waals surface area contributed by atoms with E-state index in [1.165, 1.54) is 83.5 Å². The van der Waals surface area contributed by atoms with Crippen molar-refractivity contribution in [3.63, 3.8) is 0 Å². The van der Waals surface area contributed by atoms with Crippen LogP contribution >= 0.6 is 0 Å². The number of carbonyl (C=O) groups is 4. The SMILES string of the molecule is CCCCCCCCCCCCCC(=O)OCC1=C[C@@H]2C(=O)[C@]3(C=C(C)[C@H](OC(=O)[C@H](C)C(C)C)[C@@]3(O)[C@@H]1O)[C@H](C)C[C@]1(OC(=O)CCCCCCCCCCC)[C@H]2C1(C)C. The average Bonchev–Trinajstić information content (AvgIpc) is 3.61. The van der Waals surface area contributed by atoms with Gasteiger partial charge in [0, 0.05) is 30.1 Å². The maximum absolute atomic E-state index is 15.4. The molecule has 2 fully saturated rings. The minimum absolute atomic E-state index is 0.0432. The molecule has 9 atom stereocenters. The normalized spacial score (nSPS) is 30.4. The lowest BCUT2D eigenvalue weighted by molar-refractivity contribution is -0.207. The van der Waals surface area contributed by atoms with Gasteiger partial charge < -0.3 is 24.4 Å². The largest absolute Gasteiger partial charge is 0.461 e. The van der Waals surface area contributed by atoms with E-state index in [-0.39, 0.29) is 42.7 Å². The van der Waals surface area contributed by atoms with Crippen molar-refractivity contribution in [1.82, 2.24) is 0 Å². The molecule has 0 aliphatic heterocycles. The van der Waals surface area contributed by atoms with Gasteiger partial charge in [-0.15, -0.1) is 0 Å². The molecule has 4 aliphatic carbocycles. The third-order valence-corrected chi connectivity index (χ3v) is 15.6. The van der Waals surface area contributed by atoms with E-state index in [0.29, 0.717) is 18.4 Å². The molecule has 61 heavy (non-hydrogen) atoms. The number of aliphatic hydroxyl groups excluding tert-OH is 1. The van der Waals surface area contributed by atoms with Gasteiger partial charge in [-0.25, -0.2) is 0 Å². The predicted molar refractivity (Wildman–Crippen MR) is 241 cm³/mol. The molecule has 9 nitrogen and oxygen atoms in total. The lowest BCUT2D eigenvalue weighted by Crippen LogP contribution is -2.66. The number of hydrogen-bond donors (Lipinski definition) is 2. The van der Waals surface area contributed by atoms with Crippen LogP contribution in [0.15, 0.2) is 23.3 Å². The highest BCUT2D eigenvalue weighted by Crippen LogP contribution is 2.75. The summed E-state index contributed by atoms with van der Waals surface area (Å²) in [4.78, 5) is 55.9. The van der Waals surface area contributed by atoms with Gasteiger partial charge >= 0.3 is 17.9 Å². The third kappa shape index (κ3) is 11.2. The van der Waals surface area contributed by atoms with Gasteiger partial charge in [0.25, 0.3) is 0 Å². The van der Waals surface area contributed by atoms with Crippen molar-refractivity contribution in [3.05, 3.63) is 23.3 Å². The molecule has 0 aromatic heterocycles. The molecular weight excluding hydrogens is 769 g/mol. The number of aliphatic hydroxyl groups is 2. The predicted octanol–water partition coefficient (Wildman–Crippen LogP) is 11.5. The van der Waals surface area contributed by atoms with Gasteiger partial charge in [0.2, 0.25) is 0 Å². The van der Waals surface area contributed by atoms with E-state index in [9.17, 15) is 24.6 Å². The fraction of sp³-hybridized carbons (Fsp3) is 0.846. The van der Waals surface area contributed by atoms with E-state index in [0.717, 1.165) is 38.5 Å². The number of hydrogen-bond acceptors (Lipinski definition) is 9. The van der Waals surface area contributed by atoms with Crippen LogP contribution in [0.3, 0.4) is 0 Å². The molecule has 4 rings (SSSR count). The van der Waals surface area contributed by atoms with Crippen molar-refractivity contribution in [3.8, 4) is 0 Å². The number of rotatable bonds is 28. The molecule has 0 radical (unpaired) electrons.